The minimum Gasteiger partial charge on any atom is -0.461 e. The molecule has 1 fully saturated rings. The van der Waals surface area contributed by atoms with E-state index in [1.54, 1.807) is 12.1 Å². The Bertz CT molecular complexity index is 651. The summed E-state index contributed by atoms with van der Waals surface area (Å²) in [5, 5.41) is 0. The van der Waals surface area contributed by atoms with E-state index in [4.69, 9.17) is 19.8 Å². The lowest BCUT2D eigenvalue weighted by atomic mass is 10.0. The largest absolute Gasteiger partial charge is 0.461 e. The number of hydrogen-bond donors (Lipinski definition) is 2. The molecule has 0 radical (unpaired) electrons. The van der Waals surface area contributed by atoms with E-state index < -0.39 is 16.2 Å². The van der Waals surface area contributed by atoms with Crippen molar-refractivity contribution in [1.82, 2.24) is 0 Å². The summed E-state index contributed by atoms with van der Waals surface area (Å²) in [6.45, 7) is 7.28. The fourth-order valence-corrected chi connectivity index (χ4v) is 2.84. The van der Waals surface area contributed by atoms with Gasteiger partial charge in [0.15, 0.2) is 0 Å². The first-order valence-corrected chi connectivity index (χ1v) is 10.1. The summed E-state index contributed by atoms with van der Waals surface area (Å²) in [4.78, 5) is 11.5. The van der Waals surface area contributed by atoms with E-state index in [1.807, 2.05) is 20.8 Å². The number of rotatable bonds is 5. The van der Waals surface area contributed by atoms with Gasteiger partial charge in [-0.15, -0.1) is 0 Å². The molecular weight excluding hydrogens is 358 g/mol. The van der Waals surface area contributed by atoms with Gasteiger partial charge in [0, 0.05) is 12.8 Å². The smallest absolute Gasteiger partial charge is 0.323 e. The molecule has 148 valence electrons. The standard InChI is InChI=1S/C11H21NO3.C7H8O3S/c1-8(2)7-10(12)11(13)15-9-3-5-14-6-4-9;1-6-2-4-7(5-3-6)11(8,9)10/h8-10H,3-7,12H2,1-2H3;2-5H,1H3,(H,8,9,10)/t10-;/m0./s1. The van der Waals surface area contributed by atoms with Gasteiger partial charge in [0.1, 0.15) is 12.1 Å². The van der Waals surface area contributed by atoms with Crippen LogP contribution in [0.2, 0.25) is 0 Å². The van der Waals surface area contributed by atoms with Crippen molar-refractivity contribution in [2.45, 2.75) is 57.1 Å². The van der Waals surface area contributed by atoms with E-state index in [0.717, 1.165) is 18.4 Å². The minimum atomic E-state index is -4.02. The highest BCUT2D eigenvalue weighted by molar-refractivity contribution is 7.85. The fraction of sp³-hybridized carbons (Fsp3) is 0.611. The molecule has 0 saturated carbocycles. The maximum Gasteiger partial charge on any atom is 0.323 e. The molecule has 1 aliphatic heterocycles. The first-order chi connectivity index (χ1) is 12.1. The van der Waals surface area contributed by atoms with Crippen LogP contribution in [0.15, 0.2) is 29.2 Å². The molecule has 1 aromatic rings. The Morgan fingerprint density at radius 2 is 1.81 bits per heavy atom. The van der Waals surface area contributed by atoms with Crippen molar-refractivity contribution < 1.29 is 27.2 Å². The van der Waals surface area contributed by atoms with Crippen molar-refractivity contribution in [3.63, 3.8) is 0 Å². The molecule has 8 heteroatoms. The van der Waals surface area contributed by atoms with Gasteiger partial charge in [-0.3, -0.25) is 9.35 Å². The molecule has 0 spiro atoms. The van der Waals surface area contributed by atoms with Gasteiger partial charge >= 0.3 is 5.97 Å². The predicted molar refractivity (Wildman–Crippen MR) is 98.4 cm³/mol. The van der Waals surface area contributed by atoms with Crippen molar-refractivity contribution in [3.8, 4) is 0 Å². The summed E-state index contributed by atoms with van der Waals surface area (Å²) >= 11 is 0. The lowest BCUT2D eigenvalue weighted by Crippen LogP contribution is -2.37. The quantitative estimate of drug-likeness (QED) is 0.588. The average molecular weight is 387 g/mol. The van der Waals surface area contributed by atoms with Crippen LogP contribution in [-0.2, 0) is 24.4 Å². The van der Waals surface area contributed by atoms with Crippen molar-refractivity contribution in [3.05, 3.63) is 29.8 Å². The molecule has 1 heterocycles. The average Bonchev–Trinajstić information content (AvgIpc) is 2.55. The molecule has 1 saturated heterocycles. The minimum absolute atomic E-state index is 0.00413. The number of aryl methyl sites for hydroxylation is 1. The van der Waals surface area contributed by atoms with Gasteiger partial charge in [0.25, 0.3) is 10.1 Å². The van der Waals surface area contributed by atoms with Crippen LogP contribution in [0, 0.1) is 12.8 Å². The van der Waals surface area contributed by atoms with E-state index in [9.17, 15) is 13.2 Å². The number of benzene rings is 1. The molecule has 0 bridgehead atoms. The van der Waals surface area contributed by atoms with Crippen LogP contribution in [0.25, 0.3) is 0 Å². The highest BCUT2D eigenvalue weighted by Gasteiger charge is 2.22. The van der Waals surface area contributed by atoms with Crippen molar-refractivity contribution >= 4 is 16.1 Å². The number of ether oxygens (including phenoxy) is 2. The topological polar surface area (TPSA) is 116 Å². The third-order valence-corrected chi connectivity index (χ3v) is 4.67. The summed E-state index contributed by atoms with van der Waals surface area (Å²) in [7, 11) is -4.02. The molecule has 0 aromatic heterocycles. The zero-order chi connectivity index (χ0) is 19.7. The van der Waals surface area contributed by atoms with Crippen LogP contribution >= 0.6 is 0 Å². The lowest BCUT2D eigenvalue weighted by Gasteiger charge is -2.24. The molecule has 1 aromatic carbocycles. The van der Waals surface area contributed by atoms with Crippen molar-refractivity contribution in [1.29, 1.82) is 0 Å². The zero-order valence-corrected chi connectivity index (χ0v) is 16.4. The summed E-state index contributed by atoms with van der Waals surface area (Å²) < 4.78 is 40.0. The molecule has 1 aliphatic rings. The van der Waals surface area contributed by atoms with E-state index in [-0.39, 0.29) is 17.0 Å². The van der Waals surface area contributed by atoms with E-state index >= 15 is 0 Å². The first-order valence-electron chi connectivity index (χ1n) is 8.67. The van der Waals surface area contributed by atoms with E-state index in [2.05, 4.69) is 0 Å². The molecule has 2 rings (SSSR count). The maximum atomic E-state index is 11.6. The molecule has 0 unspecified atom stereocenters. The first kappa shape index (κ1) is 22.6. The Kier molecular flexibility index (Phi) is 9.21. The fourth-order valence-electron chi connectivity index (χ4n) is 2.36. The van der Waals surface area contributed by atoms with Gasteiger partial charge < -0.3 is 15.2 Å². The van der Waals surface area contributed by atoms with Crippen LogP contribution in [0.4, 0.5) is 0 Å². The Balaban J connectivity index is 0.000000273. The maximum absolute atomic E-state index is 11.6. The molecule has 0 amide bonds. The molecule has 0 aliphatic carbocycles. The monoisotopic (exact) mass is 387 g/mol. The third kappa shape index (κ3) is 8.75. The van der Waals surface area contributed by atoms with Crippen LogP contribution < -0.4 is 5.73 Å². The number of nitrogens with two attached hydrogens (primary N) is 1. The normalized spacial score (nSPS) is 16.5. The summed E-state index contributed by atoms with van der Waals surface area (Å²) in [5.74, 6) is 0.151. The van der Waals surface area contributed by atoms with Crippen molar-refractivity contribution in [2.24, 2.45) is 11.7 Å². The number of esters is 1. The Hall–Kier alpha value is -1.48. The second-order valence-corrected chi connectivity index (χ2v) is 8.19. The number of carbonyl (C=O) groups is 1. The van der Waals surface area contributed by atoms with Gasteiger partial charge in [-0.25, -0.2) is 0 Å². The molecular formula is C18H29NO6S. The summed E-state index contributed by atoms with van der Waals surface area (Å²) in [6, 6.07) is 5.51. The molecule has 26 heavy (non-hydrogen) atoms. The van der Waals surface area contributed by atoms with Gasteiger partial charge in [-0.2, -0.15) is 8.42 Å². The second kappa shape index (κ2) is 10.6. The van der Waals surface area contributed by atoms with Crippen LogP contribution in [-0.4, -0.2) is 44.3 Å². The second-order valence-electron chi connectivity index (χ2n) is 6.77. The Labute approximate surface area is 155 Å². The third-order valence-electron chi connectivity index (χ3n) is 3.80. The number of hydrogen-bond acceptors (Lipinski definition) is 6. The Morgan fingerprint density at radius 3 is 2.27 bits per heavy atom. The zero-order valence-electron chi connectivity index (χ0n) is 15.6. The summed E-state index contributed by atoms with van der Waals surface area (Å²) in [6.07, 6.45) is 2.27. The predicted octanol–water partition coefficient (Wildman–Crippen LogP) is 2.32. The van der Waals surface area contributed by atoms with Crippen LogP contribution in [0.3, 0.4) is 0 Å². The molecule has 7 nitrogen and oxygen atoms in total. The van der Waals surface area contributed by atoms with Gasteiger partial charge in [0.2, 0.25) is 0 Å². The number of carbonyl (C=O) groups excluding carboxylic acids is 1. The van der Waals surface area contributed by atoms with Crippen LogP contribution in [0.5, 0.6) is 0 Å². The van der Waals surface area contributed by atoms with Gasteiger partial charge in [-0.05, 0) is 31.4 Å². The SMILES string of the molecule is CC(C)C[C@H](N)C(=O)OC1CCOCC1.Cc1ccc(S(=O)(=O)O)cc1. The summed E-state index contributed by atoms with van der Waals surface area (Å²) in [5.41, 5.74) is 6.69. The highest BCUT2D eigenvalue weighted by atomic mass is 32.2. The molecule has 1 atom stereocenters. The lowest BCUT2D eigenvalue weighted by molar-refractivity contribution is -0.155. The Morgan fingerprint density at radius 1 is 1.27 bits per heavy atom. The molecule has 3 N–H and O–H groups in total. The highest BCUT2D eigenvalue weighted by Crippen LogP contribution is 2.13. The van der Waals surface area contributed by atoms with Gasteiger partial charge in [0.05, 0.1) is 18.1 Å². The van der Waals surface area contributed by atoms with E-state index in [1.165, 1.54) is 12.1 Å². The van der Waals surface area contributed by atoms with Gasteiger partial charge in [-0.1, -0.05) is 31.5 Å². The van der Waals surface area contributed by atoms with E-state index in [0.29, 0.717) is 25.6 Å². The van der Waals surface area contributed by atoms with Crippen molar-refractivity contribution in [2.75, 3.05) is 13.2 Å². The van der Waals surface area contributed by atoms with Crippen LogP contribution in [0.1, 0.15) is 38.7 Å².